The van der Waals surface area contributed by atoms with Crippen LogP contribution in [0.15, 0.2) is 96.1 Å². The van der Waals surface area contributed by atoms with Gasteiger partial charge in [-0.1, -0.05) is 0 Å². The number of rotatable bonds is 4. The van der Waals surface area contributed by atoms with Crippen LogP contribution in [0, 0.1) is 0 Å². The zero-order valence-corrected chi connectivity index (χ0v) is 29.4. The van der Waals surface area contributed by atoms with Gasteiger partial charge in [0.15, 0.2) is 0 Å². The molecule has 4 aromatic rings. The van der Waals surface area contributed by atoms with Crippen LogP contribution in [0.3, 0.4) is 0 Å². The molecule has 2 aliphatic rings. The molecular weight excluding hydrogens is 669 g/mol. The third kappa shape index (κ3) is 5.66. The van der Waals surface area contributed by atoms with Gasteiger partial charge in [0.05, 0.1) is 0 Å². The molecule has 2 atom stereocenters. The number of hydrogen-bond donors (Lipinski definition) is 0. The topological polar surface area (TPSA) is 0 Å². The summed E-state index contributed by atoms with van der Waals surface area (Å²) in [5, 5.41) is 1.58. The average Bonchev–Trinajstić information content (AvgIpc) is 3.40. The van der Waals surface area contributed by atoms with Crippen LogP contribution >= 0.6 is 23.2 Å². The van der Waals surface area contributed by atoms with Crippen LogP contribution in [0.2, 0.25) is 23.1 Å². The zero-order chi connectivity index (χ0) is 26.6. The Labute approximate surface area is 268 Å². The summed E-state index contributed by atoms with van der Waals surface area (Å²) in [4.78, 5) is 0. The maximum absolute atomic E-state index is 6.40. The molecule has 6 heteroatoms. The third-order valence-corrected chi connectivity index (χ3v) is 28.4. The van der Waals surface area contributed by atoms with Gasteiger partial charge in [-0.05, 0) is 0 Å². The molecule has 0 spiro atoms. The SMILES string of the molecule is CC1=Cc2c(-c3cccc(Cl)c3)cccc2[CH]1[Zr+2]([CH]1C(C)=Cc2c(-c3cccc(Cl)c3)cccc21)=[Si](C)C.[Cl-].[Cl-]. The standard InChI is InChI=1S/2C16H12Cl.C2H6Si.2ClH.Zr/c2*1-11-8-12-5-3-7-15(16(12)9-11)13-4-2-6-14(17)10-13;1-3-2;;;/h2*2-10H,1H3;1-2H3;2*1H;/q;;;;;+2/p-2. The average molecular weight is 700 g/mol. The molecule has 0 aromatic heterocycles. The quantitative estimate of drug-likeness (QED) is 0.268. The molecule has 6 rings (SSSR count). The number of allylic oxidation sites excluding steroid dienone is 2. The second-order valence-electron chi connectivity index (χ2n) is 10.7. The number of hydrogen-bond acceptors (Lipinski definition) is 0. The summed E-state index contributed by atoms with van der Waals surface area (Å²) < 4.78 is 1.20. The van der Waals surface area contributed by atoms with Crippen molar-refractivity contribution in [3.05, 3.63) is 128 Å². The van der Waals surface area contributed by atoms with Crippen molar-refractivity contribution in [3.63, 3.8) is 0 Å². The summed E-state index contributed by atoms with van der Waals surface area (Å²) >= 11 is 10.7. The molecule has 0 saturated heterocycles. The van der Waals surface area contributed by atoms with Crippen LogP contribution in [0.1, 0.15) is 43.4 Å². The molecule has 0 saturated carbocycles. The summed E-state index contributed by atoms with van der Waals surface area (Å²) in [6, 6.07) is 30.4. The van der Waals surface area contributed by atoms with Crippen molar-refractivity contribution in [1.82, 2.24) is 0 Å². The van der Waals surface area contributed by atoms with Crippen molar-refractivity contribution in [2.75, 3.05) is 0 Å². The van der Waals surface area contributed by atoms with Crippen LogP contribution in [-0.4, -0.2) is 5.43 Å². The Hall–Kier alpha value is -1.38. The van der Waals surface area contributed by atoms with Crippen LogP contribution in [-0.2, 0) is 20.4 Å². The fourth-order valence-corrected chi connectivity index (χ4v) is 27.6. The molecule has 2 aliphatic carbocycles. The minimum absolute atomic E-state index is 0. The van der Waals surface area contributed by atoms with Gasteiger partial charge in [-0.2, -0.15) is 0 Å². The van der Waals surface area contributed by atoms with E-state index >= 15 is 0 Å². The predicted molar refractivity (Wildman–Crippen MR) is 164 cm³/mol. The van der Waals surface area contributed by atoms with Gasteiger partial charge in [-0.25, -0.2) is 0 Å². The van der Waals surface area contributed by atoms with E-state index in [-0.39, 0.29) is 24.8 Å². The summed E-state index contributed by atoms with van der Waals surface area (Å²) in [6.45, 7) is 9.93. The Morgan fingerprint density at radius 1 is 0.600 bits per heavy atom. The molecule has 0 bridgehead atoms. The molecular formula is C34H30Cl4SiZr. The van der Waals surface area contributed by atoms with Gasteiger partial charge in [-0.15, -0.1) is 0 Å². The first-order chi connectivity index (χ1) is 18.3. The predicted octanol–water partition coefficient (Wildman–Crippen LogP) is 4.82. The monoisotopic (exact) mass is 696 g/mol. The fraction of sp³-hybridized carbons (Fsp3) is 0.176. The number of fused-ring (bicyclic) bond motifs is 2. The second kappa shape index (κ2) is 12.9. The van der Waals surface area contributed by atoms with E-state index in [1.807, 2.05) is 12.1 Å². The van der Waals surface area contributed by atoms with Crippen molar-refractivity contribution < 1.29 is 45.2 Å². The Morgan fingerprint density at radius 2 is 1.00 bits per heavy atom. The molecule has 4 aromatic carbocycles. The van der Waals surface area contributed by atoms with E-state index in [1.54, 1.807) is 22.3 Å². The minimum atomic E-state index is -2.12. The molecule has 0 nitrogen and oxygen atoms in total. The van der Waals surface area contributed by atoms with Gasteiger partial charge in [0.2, 0.25) is 0 Å². The molecule has 0 radical (unpaired) electrons. The smallest absolute Gasteiger partial charge is 1.00 e. The second-order valence-corrected chi connectivity index (χ2v) is 29.5. The van der Waals surface area contributed by atoms with Crippen LogP contribution in [0.25, 0.3) is 34.4 Å². The van der Waals surface area contributed by atoms with Crippen LogP contribution in [0.4, 0.5) is 0 Å². The first kappa shape index (κ1) is 31.6. The molecule has 2 unspecified atom stereocenters. The molecule has 202 valence electrons. The van der Waals surface area contributed by atoms with Gasteiger partial charge >= 0.3 is 246 Å². The molecule has 0 aliphatic heterocycles. The zero-order valence-electron chi connectivity index (χ0n) is 22.9. The first-order valence-electron chi connectivity index (χ1n) is 13.1. The maximum atomic E-state index is 6.40. The van der Waals surface area contributed by atoms with Crippen molar-refractivity contribution in [3.8, 4) is 22.3 Å². The molecule has 0 heterocycles. The molecule has 40 heavy (non-hydrogen) atoms. The fourth-order valence-electron chi connectivity index (χ4n) is 6.49. The van der Waals surface area contributed by atoms with Crippen molar-refractivity contribution >= 4 is 40.8 Å². The van der Waals surface area contributed by atoms with Gasteiger partial charge in [-0.3, -0.25) is 0 Å². The maximum Gasteiger partial charge on any atom is -1.00 e. The Balaban J connectivity index is 0.00000185. The van der Waals surface area contributed by atoms with E-state index in [1.165, 1.54) is 33.4 Å². The summed E-state index contributed by atoms with van der Waals surface area (Å²) in [6.07, 6.45) is 4.97. The Bertz CT molecular complexity index is 1580. The normalized spacial score (nSPS) is 16.4. The van der Waals surface area contributed by atoms with Gasteiger partial charge in [0.25, 0.3) is 0 Å². The molecule has 0 fully saturated rings. The van der Waals surface area contributed by atoms with Gasteiger partial charge < -0.3 is 24.8 Å². The number of halogens is 4. The number of benzene rings is 4. The first-order valence-corrected chi connectivity index (χ1v) is 22.9. The van der Waals surface area contributed by atoms with Crippen LogP contribution < -0.4 is 24.8 Å². The van der Waals surface area contributed by atoms with E-state index in [9.17, 15) is 0 Å². The Morgan fingerprint density at radius 3 is 1.38 bits per heavy atom. The van der Waals surface area contributed by atoms with E-state index in [4.69, 9.17) is 23.2 Å². The summed E-state index contributed by atoms with van der Waals surface area (Å²) in [5.74, 6) is 0. The minimum Gasteiger partial charge on any atom is -1.00 e. The van der Waals surface area contributed by atoms with Crippen LogP contribution in [0.5, 0.6) is 0 Å². The van der Waals surface area contributed by atoms with Gasteiger partial charge in [0, 0.05) is 0 Å². The van der Waals surface area contributed by atoms with Crippen molar-refractivity contribution in [2.24, 2.45) is 0 Å². The van der Waals surface area contributed by atoms with Crippen molar-refractivity contribution in [1.29, 1.82) is 0 Å². The van der Waals surface area contributed by atoms with Gasteiger partial charge in [0.1, 0.15) is 0 Å². The summed E-state index contributed by atoms with van der Waals surface area (Å²) in [7, 11) is 0. The molecule has 0 N–H and O–H groups in total. The van der Waals surface area contributed by atoms with E-state index in [0.29, 0.717) is 7.25 Å². The van der Waals surface area contributed by atoms with E-state index in [0.717, 1.165) is 10.0 Å². The van der Waals surface area contributed by atoms with E-state index in [2.05, 4.69) is 112 Å². The van der Waals surface area contributed by atoms with Crippen molar-refractivity contribution in [2.45, 2.75) is 34.2 Å². The molecule has 0 amide bonds. The largest absolute Gasteiger partial charge is 1.00 e. The van der Waals surface area contributed by atoms with E-state index < -0.39 is 25.8 Å². The Kier molecular flexibility index (Phi) is 10.1. The summed E-state index contributed by atoms with van der Waals surface area (Å²) in [5.41, 5.74) is 13.6. The third-order valence-electron chi connectivity index (χ3n) is 8.03.